The van der Waals surface area contributed by atoms with Gasteiger partial charge in [0.2, 0.25) is 15.9 Å². The van der Waals surface area contributed by atoms with Crippen molar-refractivity contribution in [2.24, 2.45) is 28.3 Å². The number of carboxylic acids is 1. The minimum absolute atomic E-state index is 0.0750. The lowest BCUT2D eigenvalue weighted by Gasteiger charge is -2.38. The summed E-state index contributed by atoms with van der Waals surface area (Å²) in [5, 5.41) is 12.9. The van der Waals surface area contributed by atoms with E-state index in [1.807, 2.05) is 13.0 Å². The van der Waals surface area contributed by atoms with Gasteiger partial charge in [-0.1, -0.05) is 26.0 Å². The number of fused-ring (bicyclic) bond motifs is 1. The first-order valence-electron chi connectivity index (χ1n) is 12.0. The molecule has 12 heteroatoms. The molecular formula is C23H36N6O5S. The van der Waals surface area contributed by atoms with E-state index in [9.17, 15) is 23.1 Å². The van der Waals surface area contributed by atoms with Gasteiger partial charge in [-0.25, -0.2) is 13.2 Å². The monoisotopic (exact) mass is 508 g/mol. The van der Waals surface area contributed by atoms with Gasteiger partial charge < -0.3 is 26.8 Å². The van der Waals surface area contributed by atoms with Crippen LogP contribution in [0.5, 0.6) is 0 Å². The average Bonchev–Trinajstić information content (AvgIpc) is 2.79. The Bertz CT molecular complexity index is 1070. The number of guanidine groups is 1. The van der Waals surface area contributed by atoms with E-state index in [-0.39, 0.29) is 36.3 Å². The number of para-hydroxylation sites is 1. The van der Waals surface area contributed by atoms with E-state index in [0.717, 1.165) is 12.0 Å². The third-order valence-corrected chi connectivity index (χ3v) is 8.09. The summed E-state index contributed by atoms with van der Waals surface area (Å²) < 4.78 is 29.5. The van der Waals surface area contributed by atoms with Crippen molar-refractivity contribution in [1.82, 2.24) is 9.62 Å². The summed E-state index contributed by atoms with van der Waals surface area (Å²) >= 11 is 0. The molecule has 0 bridgehead atoms. The fourth-order valence-corrected chi connectivity index (χ4v) is 6.17. The summed E-state index contributed by atoms with van der Waals surface area (Å²) in [6.07, 6.45) is 2.17. The Hall–Kier alpha value is -2.86. The normalized spacial score (nSPS) is 23.0. The minimum Gasteiger partial charge on any atom is -0.480 e. The number of carboxylic acid groups (broad SMARTS) is 1. The van der Waals surface area contributed by atoms with Gasteiger partial charge >= 0.3 is 5.97 Å². The topological polar surface area (TPSA) is 180 Å². The van der Waals surface area contributed by atoms with E-state index in [0.29, 0.717) is 37.4 Å². The van der Waals surface area contributed by atoms with Crippen LogP contribution >= 0.6 is 0 Å². The maximum absolute atomic E-state index is 13.5. The third-order valence-electron chi connectivity index (χ3n) is 6.57. The van der Waals surface area contributed by atoms with Crippen LogP contribution in [-0.2, 0) is 26.0 Å². The van der Waals surface area contributed by atoms with Gasteiger partial charge in [0.05, 0.1) is 5.69 Å². The van der Waals surface area contributed by atoms with Crippen molar-refractivity contribution >= 4 is 33.5 Å². The molecule has 3 rings (SSSR count). The van der Waals surface area contributed by atoms with Crippen LogP contribution in [0, 0.1) is 11.8 Å². The fourth-order valence-electron chi connectivity index (χ4n) is 4.72. The summed E-state index contributed by atoms with van der Waals surface area (Å²) in [6, 6.07) is 2.94. The van der Waals surface area contributed by atoms with Crippen LogP contribution in [-0.4, -0.2) is 68.0 Å². The molecule has 1 saturated heterocycles. The summed E-state index contributed by atoms with van der Waals surface area (Å²) in [6.45, 7) is 5.14. The SMILES string of the molecule is C[C@@H]1CNc2c(cccc2S(=O)(=O)N[C@H](CCCN=C(N)N)C(=O)N2CC[C@@H](C)C[C@H]2C(=O)O)C1. The minimum atomic E-state index is -4.10. The Morgan fingerprint density at radius 2 is 2.03 bits per heavy atom. The number of rotatable bonds is 9. The lowest BCUT2D eigenvalue weighted by molar-refractivity contribution is -0.153. The van der Waals surface area contributed by atoms with Gasteiger partial charge in [0.25, 0.3) is 0 Å². The molecule has 2 heterocycles. The predicted molar refractivity (Wildman–Crippen MR) is 133 cm³/mol. The second kappa shape index (κ2) is 11.3. The number of nitrogens with two attached hydrogens (primary N) is 2. The molecule has 0 radical (unpaired) electrons. The fraction of sp³-hybridized carbons (Fsp3) is 0.609. The van der Waals surface area contributed by atoms with Crippen molar-refractivity contribution in [1.29, 1.82) is 0 Å². The van der Waals surface area contributed by atoms with Crippen LogP contribution in [0.15, 0.2) is 28.1 Å². The Balaban J connectivity index is 1.88. The molecule has 0 saturated carbocycles. The highest BCUT2D eigenvalue weighted by atomic mass is 32.2. The first-order valence-corrected chi connectivity index (χ1v) is 13.4. The summed E-state index contributed by atoms with van der Waals surface area (Å²) in [5.74, 6) is -1.22. The third kappa shape index (κ3) is 6.63. The van der Waals surface area contributed by atoms with Gasteiger partial charge in [0, 0.05) is 19.6 Å². The summed E-state index contributed by atoms with van der Waals surface area (Å²) in [7, 11) is -4.10. The van der Waals surface area contributed by atoms with E-state index in [1.54, 1.807) is 6.07 Å². The number of aliphatic carboxylic acids is 1. The molecule has 194 valence electrons. The molecule has 35 heavy (non-hydrogen) atoms. The molecule has 0 aromatic heterocycles. The summed E-state index contributed by atoms with van der Waals surface area (Å²) in [5.41, 5.74) is 12.2. The summed E-state index contributed by atoms with van der Waals surface area (Å²) in [4.78, 5) is 30.7. The van der Waals surface area contributed by atoms with Crippen molar-refractivity contribution < 1.29 is 23.1 Å². The number of carbonyl (C=O) groups excluding carboxylic acids is 1. The van der Waals surface area contributed by atoms with Gasteiger partial charge in [-0.15, -0.1) is 0 Å². The van der Waals surface area contributed by atoms with Gasteiger partial charge in [0.1, 0.15) is 17.0 Å². The number of benzene rings is 1. The van der Waals surface area contributed by atoms with Crippen LogP contribution in [0.2, 0.25) is 0 Å². The van der Waals surface area contributed by atoms with Crippen LogP contribution in [0.1, 0.15) is 45.1 Å². The van der Waals surface area contributed by atoms with Crippen LogP contribution in [0.3, 0.4) is 0 Å². The van der Waals surface area contributed by atoms with E-state index in [1.165, 1.54) is 11.0 Å². The van der Waals surface area contributed by atoms with Crippen LogP contribution in [0.25, 0.3) is 0 Å². The zero-order valence-electron chi connectivity index (χ0n) is 20.2. The number of carbonyl (C=O) groups is 2. The number of aliphatic imine (C=N–C) groups is 1. The predicted octanol–water partition coefficient (Wildman–Crippen LogP) is 0.703. The first kappa shape index (κ1) is 26.7. The van der Waals surface area contributed by atoms with E-state index in [2.05, 4.69) is 22.0 Å². The smallest absolute Gasteiger partial charge is 0.326 e. The lowest BCUT2D eigenvalue weighted by atomic mass is 9.91. The number of sulfonamides is 1. The van der Waals surface area contributed by atoms with Crippen LogP contribution < -0.4 is 21.5 Å². The second-order valence-corrected chi connectivity index (χ2v) is 11.3. The Labute approximate surface area is 206 Å². The largest absolute Gasteiger partial charge is 0.480 e. The maximum Gasteiger partial charge on any atom is 0.326 e. The molecule has 0 spiro atoms. The van der Waals surface area contributed by atoms with E-state index >= 15 is 0 Å². The number of hydrogen-bond donors (Lipinski definition) is 5. The van der Waals surface area contributed by atoms with Gasteiger partial charge in [-0.2, -0.15) is 4.72 Å². The number of amides is 1. The first-order chi connectivity index (χ1) is 16.5. The molecular weight excluding hydrogens is 472 g/mol. The molecule has 1 amide bonds. The second-order valence-electron chi connectivity index (χ2n) is 9.62. The van der Waals surface area contributed by atoms with Gasteiger partial charge in [-0.05, 0) is 55.6 Å². The lowest BCUT2D eigenvalue weighted by Crippen LogP contribution is -2.56. The molecule has 11 nitrogen and oxygen atoms in total. The molecule has 7 N–H and O–H groups in total. The highest BCUT2D eigenvalue weighted by molar-refractivity contribution is 7.89. The number of likely N-dealkylation sites (tertiary alicyclic amines) is 1. The Morgan fingerprint density at radius 3 is 2.71 bits per heavy atom. The van der Waals surface area contributed by atoms with Gasteiger partial charge in [-0.3, -0.25) is 9.79 Å². The van der Waals surface area contributed by atoms with Gasteiger partial charge in [0.15, 0.2) is 5.96 Å². The average molecular weight is 509 g/mol. The maximum atomic E-state index is 13.5. The van der Waals surface area contributed by atoms with Crippen molar-refractivity contribution in [3.63, 3.8) is 0 Å². The van der Waals surface area contributed by atoms with Crippen molar-refractivity contribution in [3.05, 3.63) is 23.8 Å². The van der Waals surface area contributed by atoms with Crippen molar-refractivity contribution in [2.45, 2.75) is 62.9 Å². The highest BCUT2D eigenvalue weighted by Gasteiger charge is 2.39. The molecule has 0 aliphatic carbocycles. The number of hydrogen-bond acceptors (Lipinski definition) is 6. The van der Waals surface area contributed by atoms with Crippen molar-refractivity contribution in [2.75, 3.05) is 25.0 Å². The Kier molecular flexibility index (Phi) is 8.60. The van der Waals surface area contributed by atoms with Crippen LogP contribution in [0.4, 0.5) is 5.69 Å². The number of nitrogens with zero attached hydrogens (tertiary/aromatic N) is 2. The zero-order chi connectivity index (χ0) is 25.8. The zero-order valence-corrected chi connectivity index (χ0v) is 21.1. The van der Waals surface area contributed by atoms with E-state index < -0.39 is 34.0 Å². The molecule has 1 aromatic rings. The molecule has 2 aliphatic rings. The standard InChI is InChI=1S/C23H36N6O5S/c1-14-8-10-29(18(12-14)22(31)32)21(30)17(6-4-9-26-23(24)25)28-35(33,34)19-7-3-5-16-11-15(2)13-27-20(16)19/h3,5,7,14-15,17-18,27-28H,4,6,8-13H2,1-2H3,(H,31,32)(H4,24,25,26)/t14-,15+,17-,18+/m1/s1. The molecule has 4 atom stereocenters. The molecule has 0 unspecified atom stereocenters. The number of nitrogens with one attached hydrogen (secondary N) is 2. The number of anilines is 1. The molecule has 1 aromatic carbocycles. The Morgan fingerprint density at radius 1 is 1.29 bits per heavy atom. The quantitative estimate of drug-likeness (QED) is 0.184. The van der Waals surface area contributed by atoms with Crippen molar-refractivity contribution in [3.8, 4) is 0 Å². The molecule has 2 aliphatic heterocycles. The van der Waals surface area contributed by atoms with E-state index in [4.69, 9.17) is 11.5 Å². The highest BCUT2D eigenvalue weighted by Crippen LogP contribution is 2.31. The number of piperidine rings is 1. The molecule has 1 fully saturated rings.